The molecule has 0 saturated heterocycles. The zero-order chi connectivity index (χ0) is 8.57. The summed E-state index contributed by atoms with van der Waals surface area (Å²) in [6.45, 7) is -0.729. The van der Waals surface area contributed by atoms with Crippen LogP contribution in [-0.2, 0) is 0 Å². The molecule has 0 saturated carbocycles. The van der Waals surface area contributed by atoms with Gasteiger partial charge in [0.25, 0.3) is 0 Å². The highest BCUT2D eigenvalue weighted by atomic mass is 127. The van der Waals surface area contributed by atoms with Crippen molar-refractivity contribution in [2.75, 3.05) is 13.2 Å². The highest BCUT2D eigenvalue weighted by Gasteiger charge is 1.93. The molecule has 0 spiro atoms. The van der Waals surface area contributed by atoms with Crippen molar-refractivity contribution < 1.29 is 46.7 Å². The van der Waals surface area contributed by atoms with Gasteiger partial charge in [0.05, 0.1) is 13.2 Å². The number of aliphatic hydroxyl groups excluding tert-OH is 3. The van der Waals surface area contributed by atoms with Gasteiger partial charge in [0.2, 0.25) is 0 Å². The highest BCUT2D eigenvalue weighted by Crippen LogP contribution is 1.71. The van der Waals surface area contributed by atoms with Gasteiger partial charge in [-0.1, -0.05) is 0 Å². The third-order valence-electron chi connectivity index (χ3n) is 0.421. The van der Waals surface area contributed by atoms with Crippen molar-refractivity contribution in [2.45, 2.75) is 6.10 Å². The Morgan fingerprint density at radius 2 is 1.40 bits per heavy atom. The molecular weight excluding hydrogens is 259 g/mol. The van der Waals surface area contributed by atoms with Crippen LogP contribution in [0.5, 0.6) is 0 Å². The number of hydrogen-bond acceptors (Lipinski definition) is 6. The molecule has 0 aliphatic rings. The lowest BCUT2D eigenvalue weighted by atomic mass is 10.4. The summed E-state index contributed by atoms with van der Waals surface area (Å²) in [6, 6.07) is 0. The maximum absolute atomic E-state index is 8.68. The van der Waals surface area contributed by atoms with Crippen LogP contribution in [-0.4, -0.2) is 38.1 Å². The summed E-state index contributed by atoms with van der Waals surface area (Å²) in [5.74, 6) is 0. The van der Waals surface area contributed by atoms with Crippen LogP contribution in [0.15, 0.2) is 0 Å². The predicted molar refractivity (Wildman–Crippen MR) is 22.4 cm³/mol. The molecule has 0 aromatic carbocycles. The minimum Gasteiger partial charge on any atom is -0.396 e. The SMILES string of the molecule is OCC(O)CO.[O-][I+2]([O-])O. The second-order valence-corrected chi connectivity index (χ2v) is 2.37. The minimum absolute atomic E-state index is 0.365. The molecule has 10 heavy (non-hydrogen) atoms. The van der Waals surface area contributed by atoms with E-state index in [1.54, 1.807) is 0 Å². The summed E-state index contributed by atoms with van der Waals surface area (Å²) in [7, 11) is 0. The van der Waals surface area contributed by atoms with Crippen LogP contribution in [0, 0.1) is 0 Å². The van der Waals surface area contributed by atoms with Crippen molar-refractivity contribution in [1.29, 1.82) is 0 Å². The molecule has 64 valence electrons. The van der Waals surface area contributed by atoms with Crippen molar-refractivity contribution in [1.82, 2.24) is 0 Å². The average molecular weight is 268 g/mol. The maximum Gasteiger partial charge on any atom is 0.503 e. The molecule has 0 unspecified atom stereocenters. The Kier molecular flexibility index (Phi) is 12.4. The number of aliphatic hydroxyl groups is 3. The van der Waals surface area contributed by atoms with Gasteiger partial charge in [0.15, 0.2) is 0 Å². The molecule has 0 heterocycles. The van der Waals surface area contributed by atoms with E-state index < -0.39 is 27.2 Å². The van der Waals surface area contributed by atoms with Gasteiger partial charge in [0.1, 0.15) is 6.10 Å². The van der Waals surface area contributed by atoms with Gasteiger partial charge >= 0.3 is 21.1 Å². The normalized spacial score (nSPS) is 9.60. The molecule has 4 N–H and O–H groups in total. The molecule has 0 atom stereocenters. The summed E-state index contributed by atoms with van der Waals surface area (Å²) in [6.07, 6.45) is -0.954. The summed E-state index contributed by atoms with van der Waals surface area (Å²) in [5, 5.41) is 24.0. The summed E-state index contributed by atoms with van der Waals surface area (Å²) in [5.41, 5.74) is 0. The first-order valence-corrected chi connectivity index (χ1v) is 4.91. The van der Waals surface area contributed by atoms with Crippen molar-refractivity contribution >= 4 is 0 Å². The first-order valence-electron chi connectivity index (χ1n) is 2.18. The van der Waals surface area contributed by atoms with E-state index in [0.717, 1.165) is 0 Å². The number of halogens is 1. The van der Waals surface area contributed by atoms with Gasteiger partial charge in [-0.05, 0) is 3.44 Å². The summed E-state index contributed by atoms with van der Waals surface area (Å²) in [4.78, 5) is 0. The summed E-state index contributed by atoms with van der Waals surface area (Å²) >= 11 is -3.76. The van der Waals surface area contributed by atoms with E-state index in [1.165, 1.54) is 0 Å². The average Bonchev–Trinajstić information content (AvgIpc) is 1.85. The van der Waals surface area contributed by atoms with Crippen LogP contribution < -0.4 is 27.9 Å². The van der Waals surface area contributed by atoms with Gasteiger partial charge in [-0.3, -0.25) is 0 Å². The quantitative estimate of drug-likeness (QED) is 0.368. The van der Waals surface area contributed by atoms with Crippen LogP contribution in [0.1, 0.15) is 0 Å². The van der Waals surface area contributed by atoms with E-state index in [-0.39, 0.29) is 13.2 Å². The van der Waals surface area contributed by atoms with Gasteiger partial charge in [-0.2, -0.15) is 0 Å². The van der Waals surface area contributed by atoms with Crippen molar-refractivity contribution in [3.63, 3.8) is 0 Å². The standard InChI is InChI=1S/C3H8O3.HIO3/c4-1-3(6)2-5;2-1(3)4/h3-6H,1-2H2;2H. The molecule has 0 amide bonds. The monoisotopic (exact) mass is 268 g/mol. The Hall–Kier alpha value is 0.490. The smallest absolute Gasteiger partial charge is 0.396 e. The highest BCUT2D eigenvalue weighted by molar-refractivity contribution is 4.43. The minimum atomic E-state index is -3.76. The van der Waals surface area contributed by atoms with E-state index in [0.29, 0.717) is 0 Å². The maximum atomic E-state index is 8.68. The largest absolute Gasteiger partial charge is 0.503 e. The third-order valence-corrected chi connectivity index (χ3v) is 0.421. The molecule has 0 fully saturated rings. The van der Waals surface area contributed by atoms with Gasteiger partial charge in [0, 0.05) is 0 Å². The Bertz CT molecular complexity index is 52.2. The van der Waals surface area contributed by atoms with E-state index >= 15 is 0 Å². The number of hydrogen-bond donors (Lipinski definition) is 4. The molecule has 0 aromatic heterocycles. The molecule has 0 radical (unpaired) electrons. The zero-order valence-corrected chi connectivity index (χ0v) is 7.13. The lowest BCUT2D eigenvalue weighted by molar-refractivity contribution is -1.63. The van der Waals surface area contributed by atoms with Crippen molar-refractivity contribution in [2.24, 2.45) is 0 Å². The van der Waals surface area contributed by atoms with E-state index in [4.69, 9.17) is 25.6 Å². The van der Waals surface area contributed by atoms with Crippen LogP contribution in [0.2, 0.25) is 0 Å². The zero-order valence-electron chi connectivity index (χ0n) is 4.97. The topological polar surface area (TPSA) is 127 Å². The lowest BCUT2D eigenvalue weighted by Gasteiger charge is -1.96. The van der Waals surface area contributed by atoms with E-state index in [9.17, 15) is 0 Å². The number of rotatable bonds is 2. The Morgan fingerprint density at radius 3 is 1.40 bits per heavy atom. The van der Waals surface area contributed by atoms with Crippen molar-refractivity contribution in [3.05, 3.63) is 0 Å². The first-order chi connectivity index (χ1) is 4.54. The van der Waals surface area contributed by atoms with Crippen LogP contribution in [0.4, 0.5) is 0 Å². The second kappa shape index (κ2) is 9.49. The van der Waals surface area contributed by atoms with Crippen molar-refractivity contribution in [3.8, 4) is 0 Å². The van der Waals surface area contributed by atoms with E-state index in [1.807, 2.05) is 0 Å². The van der Waals surface area contributed by atoms with Gasteiger partial charge < -0.3 is 22.2 Å². The van der Waals surface area contributed by atoms with Gasteiger partial charge in [-0.25, -0.2) is 0 Å². The van der Waals surface area contributed by atoms with E-state index in [2.05, 4.69) is 0 Å². The fourth-order valence-electron chi connectivity index (χ4n) is 0.0577. The Balaban J connectivity index is 0. The lowest BCUT2D eigenvalue weighted by Crippen LogP contribution is -3.98. The predicted octanol–water partition coefficient (Wildman–Crippen LogP) is -7.60. The molecule has 7 heteroatoms. The third kappa shape index (κ3) is 23.6. The first kappa shape index (κ1) is 13.1. The van der Waals surface area contributed by atoms with Crippen LogP contribution >= 0.6 is 0 Å². The van der Waals surface area contributed by atoms with Crippen LogP contribution in [0.25, 0.3) is 0 Å². The fourth-order valence-corrected chi connectivity index (χ4v) is 0.0577. The molecular formula is C3H9IO6. The molecule has 0 aliphatic carbocycles. The molecule has 0 bridgehead atoms. The molecule has 0 aliphatic heterocycles. The molecule has 6 nitrogen and oxygen atoms in total. The summed E-state index contributed by atoms with van der Waals surface area (Å²) < 4.78 is 24.5. The molecule has 0 aromatic rings. The van der Waals surface area contributed by atoms with Crippen LogP contribution in [0.3, 0.4) is 0 Å². The Morgan fingerprint density at radius 1 is 1.20 bits per heavy atom. The second-order valence-electron chi connectivity index (χ2n) is 1.22. The molecule has 0 rings (SSSR count). The van der Waals surface area contributed by atoms with Gasteiger partial charge in [-0.15, -0.1) is 0 Å². The fraction of sp³-hybridized carbons (Fsp3) is 1.00. The Labute approximate surface area is 66.4 Å².